The van der Waals surface area contributed by atoms with Gasteiger partial charge in [-0.1, -0.05) is 99.2 Å². The number of carbonyl (C=O) groups is 2. The molecule has 0 saturated heterocycles. The van der Waals surface area contributed by atoms with Gasteiger partial charge in [-0.2, -0.15) is 0 Å². The highest BCUT2D eigenvalue weighted by atomic mass is 16.6. The Morgan fingerprint density at radius 3 is 1.78 bits per heavy atom. The average Bonchev–Trinajstić information content (AvgIpc) is 2.92. The highest BCUT2D eigenvalue weighted by molar-refractivity contribution is 5.80. The number of benzene rings is 2. The van der Waals surface area contributed by atoms with Gasteiger partial charge in [0.25, 0.3) is 0 Å². The van der Waals surface area contributed by atoms with Crippen LogP contribution in [0, 0.1) is 0 Å². The van der Waals surface area contributed by atoms with Gasteiger partial charge in [-0.3, -0.25) is 4.90 Å². The van der Waals surface area contributed by atoms with E-state index in [-0.39, 0.29) is 13.0 Å². The minimum absolute atomic E-state index is 0.113. The van der Waals surface area contributed by atoms with E-state index < -0.39 is 18.1 Å². The van der Waals surface area contributed by atoms with Crippen LogP contribution in [0.1, 0.15) is 75.3 Å². The molecule has 196 valence electrons. The molecular weight excluding hydrogens is 452 g/mol. The second kappa shape index (κ2) is 15.3. The summed E-state index contributed by atoms with van der Waals surface area (Å²) in [5.41, 5.74) is 1.70. The van der Waals surface area contributed by atoms with E-state index in [0.717, 1.165) is 28.1 Å². The maximum atomic E-state index is 12.1. The fourth-order valence-electron chi connectivity index (χ4n) is 5.05. The van der Waals surface area contributed by atoms with Crippen LogP contribution in [0.5, 0.6) is 0 Å². The van der Waals surface area contributed by atoms with Crippen molar-refractivity contribution in [3.8, 4) is 0 Å². The molecule has 0 heterocycles. The first kappa shape index (κ1) is 27.7. The summed E-state index contributed by atoms with van der Waals surface area (Å²) in [6.45, 7) is 0.113. The maximum absolute atomic E-state index is 12.1. The maximum Gasteiger partial charge on any atom is 0.410 e. The van der Waals surface area contributed by atoms with Crippen LogP contribution < -0.4 is 5.32 Å². The molecular formula is C30H42N2O4. The molecule has 0 radical (unpaired) electrons. The number of aliphatic carboxylic acids is 1. The van der Waals surface area contributed by atoms with Crippen LogP contribution >= 0.6 is 0 Å². The van der Waals surface area contributed by atoms with Crippen molar-refractivity contribution < 1.29 is 19.4 Å². The molecule has 0 aromatic heterocycles. The molecule has 0 aliphatic heterocycles. The Kier molecular flexibility index (Phi) is 11.8. The second-order valence-corrected chi connectivity index (χ2v) is 10.0. The summed E-state index contributed by atoms with van der Waals surface area (Å²) in [5, 5.41) is 13.2. The molecule has 2 saturated carbocycles. The zero-order valence-corrected chi connectivity index (χ0v) is 21.6. The standard InChI is InChI=1S/C18H19NO4.C12H23N/c1-19(18(22)23-13-15-10-6-3-7-11-15)16(17(20)21)12-14-8-4-2-5-9-14;1-3-7-11(8-4-1)13-12-9-5-2-6-10-12/h2-11,16H,12-13H2,1H3,(H,20,21);11-13H,1-10H2/t16-;/m0./s1. The molecule has 36 heavy (non-hydrogen) atoms. The summed E-state index contributed by atoms with van der Waals surface area (Å²) in [4.78, 5) is 24.7. The van der Waals surface area contributed by atoms with E-state index in [2.05, 4.69) is 5.32 Å². The Labute approximate surface area is 216 Å². The van der Waals surface area contributed by atoms with Gasteiger partial charge < -0.3 is 15.2 Å². The lowest BCUT2D eigenvalue weighted by Gasteiger charge is -2.30. The highest BCUT2D eigenvalue weighted by Gasteiger charge is 2.28. The van der Waals surface area contributed by atoms with Gasteiger partial charge in [0.2, 0.25) is 0 Å². The van der Waals surface area contributed by atoms with Crippen molar-refractivity contribution in [3.63, 3.8) is 0 Å². The Morgan fingerprint density at radius 1 is 0.833 bits per heavy atom. The van der Waals surface area contributed by atoms with Crippen molar-refractivity contribution in [1.29, 1.82) is 0 Å². The summed E-state index contributed by atoms with van der Waals surface area (Å²) >= 11 is 0. The molecule has 6 heteroatoms. The number of nitrogens with one attached hydrogen (secondary N) is 1. The number of hydrogen-bond donors (Lipinski definition) is 2. The summed E-state index contributed by atoms with van der Waals surface area (Å²) in [7, 11) is 1.44. The minimum atomic E-state index is -1.06. The number of carboxylic acids is 1. The van der Waals surface area contributed by atoms with Crippen LogP contribution in [0.4, 0.5) is 4.79 Å². The summed E-state index contributed by atoms with van der Waals surface area (Å²) in [5.74, 6) is -1.06. The number of carbonyl (C=O) groups excluding carboxylic acids is 1. The van der Waals surface area contributed by atoms with Crippen molar-refractivity contribution in [3.05, 3.63) is 71.8 Å². The van der Waals surface area contributed by atoms with Crippen LogP contribution in [-0.4, -0.2) is 47.2 Å². The van der Waals surface area contributed by atoms with Crippen molar-refractivity contribution in [2.45, 2.75) is 95.4 Å². The number of nitrogens with zero attached hydrogens (tertiary/aromatic N) is 1. The van der Waals surface area contributed by atoms with E-state index in [9.17, 15) is 14.7 Å². The number of rotatable bonds is 8. The summed E-state index contributed by atoms with van der Waals surface area (Å²) in [6, 6.07) is 19.2. The van der Waals surface area contributed by atoms with Crippen molar-refractivity contribution >= 4 is 12.1 Å². The van der Waals surface area contributed by atoms with E-state index in [0.29, 0.717) is 0 Å². The molecule has 1 atom stereocenters. The summed E-state index contributed by atoms with van der Waals surface area (Å²) in [6.07, 6.45) is 14.1. The van der Waals surface area contributed by atoms with E-state index >= 15 is 0 Å². The van der Waals surface area contributed by atoms with Crippen LogP contribution in [0.3, 0.4) is 0 Å². The lowest BCUT2D eigenvalue weighted by Crippen LogP contribution is -2.44. The van der Waals surface area contributed by atoms with Crippen molar-refractivity contribution in [2.24, 2.45) is 0 Å². The third-order valence-corrected chi connectivity index (χ3v) is 7.20. The van der Waals surface area contributed by atoms with Crippen LogP contribution in [0.25, 0.3) is 0 Å². The SMILES string of the molecule is C1CCC(NC2CCCCC2)CC1.CN(C(=O)OCc1ccccc1)[C@@H](Cc1ccccc1)C(=O)O. The van der Waals surface area contributed by atoms with Crippen LogP contribution in [0.2, 0.25) is 0 Å². The molecule has 2 aliphatic carbocycles. The molecule has 0 unspecified atom stereocenters. The van der Waals surface area contributed by atoms with E-state index in [1.54, 1.807) is 0 Å². The molecule has 2 fully saturated rings. The van der Waals surface area contributed by atoms with E-state index in [1.165, 1.54) is 71.3 Å². The zero-order chi connectivity index (χ0) is 25.6. The largest absolute Gasteiger partial charge is 0.480 e. The van der Waals surface area contributed by atoms with Gasteiger partial charge in [0.05, 0.1) is 0 Å². The molecule has 2 aliphatic rings. The molecule has 2 aromatic carbocycles. The highest BCUT2D eigenvalue weighted by Crippen LogP contribution is 2.22. The van der Waals surface area contributed by atoms with Crippen LogP contribution in [0.15, 0.2) is 60.7 Å². The number of hydrogen-bond acceptors (Lipinski definition) is 4. The average molecular weight is 495 g/mol. The number of carboxylic acid groups (broad SMARTS) is 1. The van der Waals surface area contributed by atoms with Gasteiger partial charge in [0.15, 0.2) is 0 Å². The first-order valence-corrected chi connectivity index (χ1v) is 13.5. The fraction of sp³-hybridized carbons (Fsp3) is 0.533. The Morgan fingerprint density at radius 2 is 1.31 bits per heavy atom. The predicted octanol–water partition coefficient (Wildman–Crippen LogP) is 6.19. The van der Waals surface area contributed by atoms with E-state index in [1.807, 2.05) is 60.7 Å². The van der Waals surface area contributed by atoms with Crippen molar-refractivity contribution in [2.75, 3.05) is 7.05 Å². The van der Waals surface area contributed by atoms with Gasteiger partial charge in [-0.25, -0.2) is 9.59 Å². The molecule has 1 amide bonds. The molecule has 0 bridgehead atoms. The number of ether oxygens (including phenoxy) is 1. The summed E-state index contributed by atoms with van der Waals surface area (Å²) < 4.78 is 5.18. The van der Waals surface area contributed by atoms with Crippen LogP contribution in [-0.2, 0) is 22.6 Å². The molecule has 0 spiro atoms. The van der Waals surface area contributed by atoms with Gasteiger partial charge in [0.1, 0.15) is 12.6 Å². The lowest BCUT2D eigenvalue weighted by atomic mass is 9.91. The first-order valence-electron chi connectivity index (χ1n) is 13.5. The van der Waals surface area contributed by atoms with Gasteiger partial charge in [0, 0.05) is 25.6 Å². The topological polar surface area (TPSA) is 78.9 Å². The number of likely N-dealkylation sites (N-methyl/N-ethyl adjacent to an activating group) is 1. The molecule has 4 rings (SSSR count). The Bertz CT molecular complexity index is 878. The predicted molar refractivity (Wildman–Crippen MR) is 143 cm³/mol. The Hall–Kier alpha value is -2.86. The molecule has 2 N–H and O–H groups in total. The third-order valence-electron chi connectivity index (χ3n) is 7.20. The number of amides is 1. The second-order valence-electron chi connectivity index (χ2n) is 10.0. The first-order chi connectivity index (χ1) is 17.5. The van der Waals surface area contributed by atoms with Gasteiger partial charge in [-0.15, -0.1) is 0 Å². The Balaban J connectivity index is 0.000000233. The van der Waals surface area contributed by atoms with Gasteiger partial charge >= 0.3 is 12.1 Å². The zero-order valence-electron chi connectivity index (χ0n) is 21.6. The normalized spacial score (nSPS) is 17.4. The smallest absolute Gasteiger partial charge is 0.410 e. The monoisotopic (exact) mass is 494 g/mol. The third kappa shape index (κ3) is 9.65. The van der Waals surface area contributed by atoms with E-state index in [4.69, 9.17) is 4.74 Å². The minimum Gasteiger partial charge on any atom is -0.480 e. The van der Waals surface area contributed by atoms with Crippen molar-refractivity contribution in [1.82, 2.24) is 10.2 Å². The van der Waals surface area contributed by atoms with Gasteiger partial charge in [-0.05, 0) is 36.8 Å². The molecule has 6 nitrogen and oxygen atoms in total. The molecule has 2 aromatic rings. The quantitative estimate of drug-likeness (QED) is 0.457. The lowest BCUT2D eigenvalue weighted by molar-refractivity contribution is -0.142. The fourth-order valence-corrected chi connectivity index (χ4v) is 5.05.